The van der Waals surface area contributed by atoms with E-state index in [1.54, 1.807) is 17.4 Å². The number of benzene rings is 1. The number of hydrogen-bond acceptors (Lipinski definition) is 2. The molecule has 0 aliphatic carbocycles. The van der Waals surface area contributed by atoms with Gasteiger partial charge in [-0.25, -0.2) is 4.39 Å². The van der Waals surface area contributed by atoms with Gasteiger partial charge in [-0.2, -0.15) is 0 Å². The van der Waals surface area contributed by atoms with E-state index in [9.17, 15) is 4.39 Å². The third-order valence-corrected chi connectivity index (χ3v) is 3.93. The van der Waals surface area contributed by atoms with Gasteiger partial charge in [0.2, 0.25) is 0 Å². The van der Waals surface area contributed by atoms with Gasteiger partial charge in [0.05, 0.1) is 0 Å². The second-order valence-electron chi connectivity index (χ2n) is 4.19. The van der Waals surface area contributed by atoms with Crippen molar-refractivity contribution in [3.8, 4) is 0 Å². The number of rotatable bonds is 4. The molecule has 3 heteroatoms. The lowest BCUT2D eigenvalue weighted by Gasteiger charge is -2.13. The van der Waals surface area contributed by atoms with Crippen LogP contribution < -0.4 is 5.32 Å². The Balaban J connectivity index is 2.00. The second kappa shape index (κ2) is 5.43. The Morgan fingerprint density at radius 3 is 2.88 bits per heavy atom. The van der Waals surface area contributed by atoms with E-state index >= 15 is 0 Å². The predicted octanol–water partition coefficient (Wildman–Crippen LogP) is 4.05. The van der Waals surface area contributed by atoms with Crippen molar-refractivity contribution in [2.75, 3.05) is 0 Å². The molecule has 1 N–H and O–H groups in total. The van der Waals surface area contributed by atoms with E-state index in [1.807, 2.05) is 19.1 Å². The van der Waals surface area contributed by atoms with Gasteiger partial charge in [0.25, 0.3) is 0 Å². The summed E-state index contributed by atoms with van der Waals surface area (Å²) in [5.74, 6) is -0.170. The first-order chi connectivity index (χ1) is 8.16. The minimum absolute atomic E-state index is 0.170. The molecule has 0 amide bonds. The molecule has 0 bridgehead atoms. The van der Waals surface area contributed by atoms with Crippen molar-refractivity contribution in [1.29, 1.82) is 0 Å². The lowest BCUT2D eigenvalue weighted by molar-refractivity contribution is 0.574. The SMILES string of the molecule is Cc1ccc(F)cc1CN[C@@H](C)c1cccs1. The van der Waals surface area contributed by atoms with Crippen LogP contribution in [0.25, 0.3) is 0 Å². The first-order valence-electron chi connectivity index (χ1n) is 5.68. The average molecular weight is 249 g/mol. The summed E-state index contributed by atoms with van der Waals surface area (Å²) in [7, 11) is 0. The highest BCUT2D eigenvalue weighted by molar-refractivity contribution is 7.10. The summed E-state index contributed by atoms with van der Waals surface area (Å²) in [6, 6.07) is 9.39. The minimum atomic E-state index is -0.170. The van der Waals surface area contributed by atoms with Crippen LogP contribution in [0, 0.1) is 12.7 Å². The summed E-state index contributed by atoms with van der Waals surface area (Å²) in [5.41, 5.74) is 2.14. The summed E-state index contributed by atoms with van der Waals surface area (Å²) in [6.07, 6.45) is 0. The average Bonchev–Trinajstić information content (AvgIpc) is 2.83. The van der Waals surface area contributed by atoms with Gasteiger partial charge >= 0.3 is 0 Å². The molecule has 0 saturated heterocycles. The number of nitrogens with one attached hydrogen (secondary N) is 1. The summed E-state index contributed by atoms with van der Waals surface area (Å²) in [6.45, 7) is 4.83. The Hall–Kier alpha value is -1.19. The van der Waals surface area contributed by atoms with Gasteiger partial charge in [-0.05, 0) is 48.6 Å². The van der Waals surface area contributed by atoms with Gasteiger partial charge in [0.1, 0.15) is 5.82 Å². The predicted molar refractivity (Wildman–Crippen MR) is 70.7 cm³/mol. The van der Waals surface area contributed by atoms with Gasteiger partial charge in [-0.3, -0.25) is 0 Å². The standard InChI is InChI=1S/C14H16FNS/c1-10-5-6-13(15)8-12(10)9-16-11(2)14-4-3-7-17-14/h3-8,11,16H,9H2,1-2H3/t11-/m0/s1. The quantitative estimate of drug-likeness (QED) is 0.862. The van der Waals surface area contributed by atoms with E-state index in [2.05, 4.69) is 23.7 Å². The highest BCUT2D eigenvalue weighted by atomic mass is 32.1. The maximum atomic E-state index is 13.1. The fourth-order valence-electron chi connectivity index (χ4n) is 1.73. The van der Waals surface area contributed by atoms with Crippen LogP contribution in [0.15, 0.2) is 35.7 Å². The minimum Gasteiger partial charge on any atom is -0.305 e. The molecule has 2 rings (SSSR count). The Kier molecular flexibility index (Phi) is 3.92. The smallest absolute Gasteiger partial charge is 0.123 e. The Morgan fingerprint density at radius 2 is 2.18 bits per heavy atom. The van der Waals surface area contributed by atoms with Gasteiger partial charge in [0.15, 0.2) is 0 Å². The molecule has 1 nitrogen and oxygen atoms in total. The number of thiophene rings is 1. The monoisotopic (exact) mass is 249 g/mol. The Labute approximate surface area is 105 Å². The van der Waals surface area contributed by atoms with E-state index < -0.39 is 0 Å². The van der Waals surface area contributed by atoms with Crippen LogP contribution >= 0.6 is 11.3 Å². The first kappa shape index (κ1) is 12.3. The second-order valence-corrected chi connectivity index (χ2v) is 5.17. The third kappa shape index (κ3) is 3.14. The maximum Gasteiger partial charge on any atom is 0.123 e. The Bertz CT molecular complexity index is 479. The molecule has 0 spiro atoms. The number of aryl methyl sites for hydroxylation is 1. The molecular weight excluding hydrogens is 233 g/mol. The normalized spacial score (nSPS) is 12.6. The van der Waals surface area contributed by atoms with Gasteiger partial charge in [0, 0.05) is 17.5 Å². The van der Waals surface area contributed by atoms with E-state index in [0.717, 1.165) is 11.1 Å². The van der Waals surface area contributed by atoms with Crippen molar-refractivity contribution in [1.82, 2.24) is 5.32 Å². The third-order valence-electron chi connectivity index (χ3n) is 2.88. The topological polar surface area (TPSA) is 12.0 Å². The molecular formula is C14H16FNS. The summed E-state index contributed by atoms with van der Waals surface area (Å²) >= 11 is 1.74. The van der Waals surface area contributed by atoms with Crippen LogP contribution in [-0.4, -0.2) is 0 Å². The zero-order chi connectivity index (χ0) is 12.3. The van der Waals surface area contributed by atoms with E-state index in [0.29, 0.717) is 12.6 Å². The molecule has 90 valence electrons. The van der Waals surface area contributed by atoms with Crippen molar-refractivity contribution < 1.29 is 4.39 Å². The van der Waals surface area contributed by atoms with Crippen LogP contribution in [0.4, 0.5) is 4.39 Å². The Morgan fingerprint density at radius 1 is 1.35 bits per heavy atom. The lowest BCUT2D eigenvalue weighted by atomic mass is 10.1. The molecule has 0 unspecified atom stereocenters. The summed E-state index contributed by atoms with van der Waals surface area (Å²) < 4.78 is 13.1. The van der Waals surface area contributed by atoms with Crippen LogP contribution in [0.2, 0.25) is 0 Å². The molecule has 1 aromatic heterocycles. The fourth-order valence-corrected chi connectivity index (χ4v) is 2.49. The van der Waals surface area contributed by atoms with Crippen LogP contribution in [0.1, 0.15) is 29.0 Å². The fraction of sp³-hybridized carbons (Fsp3) is 0.286. The van der Waals surface area contributed by atoms with Gasteiger partial charge in [-0.15, -0.1) is 11.3 Å². The zero-order valence-electron chi connectivity index (χ0n) is 10.0. The lowest BCUT2D eigenvalue weighted by Crippen LogP contribution is -2.17. The van der Waals surface area contributed by atoms with Crippen molar-refractivity contribution in [2.24, 2.45) is 0 Å². The summed E-state index contributed by atoms with van der Waals surface area (Å²) in [4.78, 5) is 1.30. The first-order valence-corrected chi connectivity index (χ1v) is 6.56. The van der Waals surface area contributed by atoms with Gasteiger partial charge < -0.3 is 5.32 Å². The molecule has 2 aromatic rings. The molecule has 0 saturated carbocycles. The number of halogens is 1. The largest absolute Gasteiger partial charge is 0.305 e. The highest BCUT2D eigenvalue weighted by Crippen LogP contribution is 2.19. The van der Waals surface area contributed by atoms with Crippen LogP contribution in [0.3, 0.4) is 0 Å². The zero-order valence-corrected chi connectivity index (χ0v) is 10.9. The van der Waals surface area contributed by atoms with Crippen LogP contribution in [-0.2, 0) is 6.54 Å². The van der Waals surface area contributed by atoms with E-state index in [1.165, 1.54) is 10.9 Å². The molecule has 0 fully saturated rings. The molecule has 17 heavy (non-hydrogen) atoms. The van der Waals surface area contributed by atoms with E-state index in [-0.39, 0.29) is 5.82 Å². The van der Waals surface area contributed by atoms with Crippen molar-refractivity contribution in [3.05, 3.63) is 57.5 Å². The number of hydrogen-bond donors (Lipinski definition) is 1. The molecule has 1 aromatic carbocycles. The van der Waals surface area contributed by atoms with Crippen molar-refractivity contribution >= 4 is 11.3 Å². The highest BCUT2D eigenvalue weighted by Gasteiger charge is 2.07. The van der Waals surface area contributed by atoms with Crippen LogP contribution in [0.5, 0.6) is 0 Å². The van der Waals surface area contributed by atoms with Crippen molar-refractivity contribution in [2.45, 2.75) is 26.4 Å². The maximum absolute atomic E-state index is 13.1. The molecule has 0 radical (unpaired) electrons. The van der Waals surface area contributed by atoms with E-state index in [4.69, 9.17) is 0 Å². The van der Waals surface area contributed by atoms with Crippen molar-refractivity contribution in [3.63, 3.8) is 0 Å². The summed E-state index contributed by atoms with van der Waals surface area (Å²) in [5, 5.41) is 5.48. The molecule has 1 heterocycles. The molecule has 1 atom stereocenters. The van der Waals surface area contributed by atoms with Gasteiger partial charge in [-0.1, -0.05) is 12.1 Å². The molecule has 0 aliphatic heterocycles. The molecule has 0 aliphatic rings.